The number of amides is 1. The van der Waals surface area contributed by atoms with Crippen LogP contribution in [0.3, 0.4) is 0 Å². The number of rotatable bonds is 6. The van der Waals surface area contributed by atoms with Gasteiger partial charge in [0.1, 0.15) is 34.6 Å². The SMILES string of the molecule is Cc1cc(OCc2ccc(F)cc2F)c(Cl)c(=O)n1Cc1ccc2c(c1)CCN2C(=O)C(C)(C)O. The van der Waals surface area contributed by atoms with E-state index in [9.17, 15) is 23.5 Å². The maximum Gasteiger partial charge on any atom is 0.273 e. The van der Waals surface area contributed by atoms with Crippen molar-refractivity contribution in [3.05, 3.63) is 91.9 Å². The van der Waals surface area contributed by atoms with Crippen LogP contribution in [-0.2, 0) is 24.4 Å². The molecule has 1 N–H and O–H groups in total. The summed E-state index contributed by atoms with van der Waals surface area (Å²) in [5.41, 5.74) is 1.37. The van der Waals surface area contributed by atoms with Crippen LogP contribution in [0.5, 0.6) is 5.75 Å². The number of carbonyl (C=O) groups is 1. The molecule has 0 atom stereocenters. The van der Waals surface area contributed by atoms with Gasteiger partial charge >= 0.3 is 0 Å². The first-order chi connectivity index (χ1) is 16.5. The minimum absolute atomic E-state index is 0.115. The summed E-state index contributed by atoms with van der Waals surface area (Å²) in [5, 5.41) is 9.94. The molecule has 0 aliphatic carbocycles. The molecule has 2 heterocycles. The van der Waals surface area contributed by atoms with Gasteiger partial charge in [0.25, 0.3) is 11.5 Å². The fraction of sp³-hybridized carbons (Fsp3) is 0.308. The van der Waals surface area contributed by atoms with Gasteiger partial charge in [-0.25, -0.2) is 8.78 Å². The topological polar surface area (TPSA) is 71.8 Å². The molecule has 0 saturated carbocycles. The number of hydrogen-bond donors (Lipinski definition) is 1. The Balaban J connectivity index is 1.54. The number of fused-ring (bicyclic) bond motifs is 1. The summed E-state index contributed by atoms with van der Waals surface area (Å²) in [6.45, 7) is 5.19. The average Bonchev–Trinajstić information content (AvgIpc) is 3.21. The molecule has 0 unspecified atom stereocenters. The summed E-state index contributed by atoms with van der Waals surface area (Å²) in [4.78, 5) is 27.1. The number of halogens is 3. The maximum atomic E-state index is 13.9. The van der Waals surface area contributed by atoms with Crippen LogP contribution in [0.2, 0.25) is 5.02 Å². The van der Waals surface area contributed by atoms with E-state index in [2.05, 4.69) is 0 Å². The first kappa shape index (κ1) is 24.9. The lowest BCUT2D eigenvalue weighted by atomic mass is 10.1. The van der Waals surface area contributed by atoms with Crippen molar-refractivity contribution >= 4 is 23.2 Å². The van der Waals surface area contributed by atoms with Crippen molar-refractivity contribution in [1.82, 2.24) is 4.57 Å². The number of carbonyl (C=O) groups excluding carboxylic acids is 1. The molecule has 184 valence electrons. The predicted octanol–water partition coefficient (Wildman–Crippen LogP) is 4.38. The number of ether oxygens (including phenoxy) is 1. The minimum atomic E-state index is -1.46. The Morgan fingerprint density at radius 3 is 2.60 bits per heavy atom. The van der Waals surface area contributed by atoms with Gasteiger partial charge in [-0.05, 0) is 56.5 Å². The quantitative estimate of drug-likeness (QED) is 0.543. The number of anilines is 1. The number of hydrogen-bond acceptors (Lipinski definition) is 4. The van der Waals surface area contributed by atoms with Gasteiger partial charge in [-0.2, -0.15) is 0 Å². The van der Waals surface area contributed by atoms with E-state index in [0.717, 1.165) is 28.9 Å². The summed E-state index contributed by atoms with van der Waals surface area (Å²) >= 11 is 6.28. The monoisotopic (exact) mass is 502 g/mol. The zero-order valence-corrected chi connectivity index (χ0v) is 20.3. The molecule has 1 aliphatic heterocycles. The zero-order valence-electron chi connectivity index (χ0n) is 19.6. The molecule has 1 aromatic heterocycles. The Morgan fingerprint density at radius 2 is 1.91 bits per heavy atom. The van der Waals surface area contributed by atoms with Crippen LogP contribution in [0.15, 0.2) is 47.3 Å². The molecule has 1 amide bonds. The Hall–Kier alpha value is -3.23. The number of aromatic nitrogens is 1. The van der Waals surface area contributed by atoms with Gasteiger partial charge in [0.05, 0.1) is 6.54 Å². The van der Waals surface area contributed by atoms with Crippen LogP contribution < -0.4 is 15.2 Å². The summed E-state index contributed by atoms with van der Waals surface area (Å²) in [7, 11) is 0. The van der Waals surface area contributed by atoms with Crippen molar-refractivity contribution in [3.8, 4) is 5.75 Å². The molecule has 35 heavy (non-hydrogen) atoms. The number of pyridine rings is 1. The highest BCUT2D eigenvalue weighted by atomic mass is 35.5. The van der Waals surface area contributed by atoms with E-state index in [-0.39, 0.29) is 35.4 Å². The number of benzene rings is 2. The van der Waals surface area contributed by atoms with Crippen molar-refractivity contribution in [2.24, 2.45) is 0 Å². The summed E-state index contributed by atoms with van der Waals surface area (Å²) in [6.07, 6.45) is 0.645. The first-order valence-corrected chi connectivity index (χ1v) is 11.5. The van der Waals surface area contributed by atoms with Gasteiger partial charge < -0.3 is 19.3 Å². The minimum Gasteiger partial charge on any atom is -0.487 e. The Morgan fingerprint density at radius 1 is 1.17 bits per heavy atom. The van der Waals surface area contributed by atoms with E-state index in [1.165, 1.54) is 24.5 Å². The van der Waals surface area contributed by atoms with Crippen LogP contribution >= 0.6 is 11.6 Å². The number of aliphatic hydroxyl groups is 1. The van der Waals surface area contributed by atoms with Crippen molar-refractivity contribution in [1.29, 1.82) is 0 Å². The normalized spacial score (nSPS) is 13.2. The van der Waals surface area contributed by atoms with Crippen LogP contribution in [0, 0.1) is 18.6 Å². The van der Waals surface area contributed by atoms with Gasteiger partial charge in [-0.15, -0.1) is 0 Å². The molecule has 0 spiro atoms. The van der Waals surface area contributed by atoms with Crippen molar-refractivity contribution in [2.75, 3.05) is 11.4 Å². The average molecular weight is 503 g/mol. The molecule has 0 radical (unpaired) electrons. The second kappa shape index (κ2) is 9.43. The van der Waals surface area contributed by atoms with Crippen LogP contribution in [0.1, 0.15) is 36.2 Å². The van der Waals surface area contributed by atoms with Crippen LogP contribution in [0.25, 0.3) is 0 Å². The van der Waals surface area contributed by atoms with Crippen molar-refractivity contribution < 1.29 is 23.4 Å². The van der Waals surface area contributed by atoms with Gasteiger partial charge in [0.2, 0.25) is 0 Å². The molecular weight excluding hydrogens is 478 g/mol. The molecule has 6 nitrogen and oxygen atoms in total. The van der Waals surface area contributed by atoms with E-state index >= 15 is 0 Å². The second-order valence-electron chi connectivity index (χ2n) is 9.11. The molecule has 3 aromatic rings. The van der Waals surface area contributed by atoms with Gasteiger partial charge in [-0.3, -0.25) is 9.59 Å². The van der Waals surface area contributed by atoms with Gasteiger partial charge in [-0.1, -0.05) is 23.7 Å². The summed E-state index contributed by atoms with van der Waals surface area (Å²) < 4.78 is 34.1. The van der Waals surface area contributed by atoms with E-state index < -0.39 is 22.8 Å². The van der Waals surface area contributed by atoms with Crippen molar-refractivity contribution in [2.45, 2.75) is 45.9 Å². The predicted molar refractivity (Wildman–Crippen MR) is 129 cm³/mol. The largest absolute Gasteiger partial charge is 0.487 e. The molecule has 4 rings (SSSR count). The fourth-order valence-electron chi connectivity index (χ4n) is 4.09. The lowest BCUT2D eigenvalue weighted by Gasteiger charge is -2.25. The lowest BCUT2D eigenvalue weighted by Crippen LogP contribution is -2.44. The maximum absolute atomic E-state index is 13.9. The Labute approximate surface area is 206 Å². The molecule has 1 aliphatic rings. The lowest BCUT2D eigenvalue weighted by molar-refractivity contribution is -0.133. The molecule has 2 aromatic carbocycles. The number of nitrogens with zero attached hydrogens (tertiary/aromatic N) is 2. The van der Waals surface area contributed by atoms with Gasteiger partial charge in [0, 0.05) is 35.6 Å². The second-order valence-corrected chi connectivity index (χ2v) is 9.49. The molecule has 0 saturated heterocycles. The zero-order chi connectivity index (χ0) is 25.5. The molecule has 0 bridgehead atoms. The highest BCUT2D eigenvalue weighted by molar-refractivity contribution is 6.31. The third kappa shape index (κ3) is 5.09. The van der Waals surface area contributed by atoms with Crippen LogP contribution in [0.4, 0.5) is 14.5 Å². The van der Waals surface area contributed by atoms with Crippen LogP contribution in [-0.4, -0.2) is 27.7 Å². The Kier molecular flexibility index (Phi) is 6.71. The van der Waals surface area contributed by atoms with E-state index in [4.69, 9.17) is 16.3 Å². The first-order valence-electron chi connectivity index (χ1n) is 11.1. The van der Waals surface area contributed by atoms with E-state index in [1.54, 1.807) is 17.9 Å². The summed E-state index contributed by atoms with van der Waals surface area (Å²) in [5.74, 6) is -1.68. The third-order valence-electron chi connectivity index (χ3n) is 5.96. The Bertz CT molecular complexity index is 1360. The smallest absolute Gasteiger partial charge is 0.273 e. The molecule has 0 fully saturated rings. The van der Waals surface area contributed by atoms with Gasteiger partial charge in [0.15, 0.2) is 0 Å². The van der Waals surface area contributed by atoms with E-state index in [0.29, 0.717) is 18.7 Å². The molecule has 9 heteroatoms. The molecular formula is C26H25ClF2N2O4. The third-order valence-corrected chi connectivity index (χ3v) is 6.31. The standard InChI is InChI=1S/C26H25ClF2N2O4/c1-15-10-22(35-14-18-5-6-19(28)12-20(18)29)23(27)24(32)31(15)13-16-4-7-21-17(11-16)8-9-30(21)25(33)26(2,3)34/h4-7,10-12,34H,8-9,13-14H2,1-3H3. The number of aryl methyl sites for hydroxylation is 1. The fourth-order valence-corrected chi connectivity index (χ4v) is 4.30. The highest BCUT2D eigenvalue weighted by Crippen LogP contribution is 2.31. The van der Waals surface area contributed by atoms with E-state index in [1.807, 2.05) is 18.2 Å². The highest BCUT2D eigenvalue weighted by Gasteiger charge is 2.34. The summed E-state index contributed by atoms with van der Waals surface area (Å²) in [6, 6.07) is 10.4. The van der Waals surface area contributed by atoms with Crippen molar-refractivity contribution in [3.63, 3.8) is 0 Å².